The first-order chi connectivity index (χ1) is 10.8. The normalized spacial score (nSPS) is 24.6. The molecule has 0 radical (unpaired) electrons. The number of nitrogens with one attached hydrogen (secondary N) is 1. The fourth-order valence-corrected chi connectivity index (χ4v) is 13.4. The highest BCUT2D eigenvalue weighted by Gasteiger charge is 2.36. The highest BCUT2D eigenvalue weighted by atomic mass is 32.3. The van der Waals surface area contributed by atoms with Gasteiger partial charge in [0.1, 0.15) is 10.8 Å². The van der Waals surface area contributed by atoms with E-state index in [9.17, 15) is 0 Å². The van der Waals surface area contributed by atoms with Crippen LogP contribution in [0.25, 0.3) is 0 Å². The monoisotopic (exact) mass is 441 g/mol. The van der Waals surface area contributed by atoms with Gasteiger partial charge in [-0.2, -0.15) is 0 Å². The van der Waals surface area contributed by atoms with Crippen LogP contribution in [-0.2, 0) is 4.74 Å². The molecule has 0 aliphatic carbocycles. The molecule has 0 amide bonds. The van der Waals surface area contributed by atoms with Gasteiger partial charge in [0, 0.05) is 0 Å². The Morgan fingerprint density at radius 1 is 0.773 bits per heavy atom. The molecular weight excluding hydrogens is 431 g/mol. The third-order valence-corrected chi connectivity index (χ3v) is 14.1. The number of hydrogen-bond donors (Lipinski definition) is 1. The van der Waals surface area contributed by atoms with Gasteiger partial charge in [-0.15, -0.1) is 23.5 Å². The van der Waals surface area contributed by atoms with Crippen LogP contribution in [0.5, 0.6) is 0 Å². The van der Waals surface area contributed by atoms with Gasteiger partial charge in [-0.05, 0) is 12.5 Å². The molecule has 0 unspecified atom stereocenters. The summed E-state index contributed by atoms with van der Waals surface area (Å²) in [4.78, 5) is 0. The molecule has 118 valence electrons. The molecule has 0 spiro atoms. The second kappa shape index (κ2) is 7.31. The van der Waals surface area contributed by atoms with Crippen LogP contribution in [0.1, 0.15) is 0 Å². The zero-order valence-corrected chi connectivity index (χ0v) is 18.1. The lowest BCUT2D eigenvalue weighted by atomic mass is 10.7. The van der Waals surface area contributed by atoms with Gasteiger partial charge in [0.05, 0.1) is 32.0 Å². The molecule has 22 heavy (non-hydrogen) atoms. The third-order valence-electron chi connectivity index (χ3n) is 2.80. The predicted molar refractivity (Wildman–Crippen MR) is 115 cm³/mol. The molecule has 4 aliphatic heterocycles. The second-order valence-electron chi connectivity index (χ2n) is 4.14. The molecule has 1 N–H and O–H groups in total. The molecule has 1 fully saturated rings. The van der Waals surface area contributed by atoms with Crippen LogP contribution < -0.4 is 5.32 Å². The lowest BCUT2D eigenvalue weighted by molar-refractivity contribution is 0.266. The molecular formula is C12H11NOS8. The molecule has 2 nitrogen and oxygen atoms in total. The quantitative estimate of drug-likeness (QED) is 0.526. The first kappa shape index (κ1) is 16.8. The van der Waals surface area contributed by atoms with E-state index in [0.29, 0.717) is 0 Å². The van der Waals surface area contributed by atoms with Gasteiger partial charge in [0.2, 0.25) is 5.88 Å². The molecule has 0 bridgehead atoms. The van der Waals surface area contributed by atoms with Crippen molar-refractivity contribution in [2.24, 2.45) is 0 Å². The van der Waals surface area contributed by atoms with E-state index in [-0.39, 0.29) is 0 Å². The minimum Gasteiger partial charge on any atom is -0.476 e. The van der Waals surface area contributed by atoms with E-state index >= 15 is 0 Å². The number of ether oxygens (including phenoxy) is 1. The summed E-state index contributed by atoms with van der Waals surface area (Å²) in [6, 6.07) is 0. The van der Waals surface area contributed by atoms with Gasteiger partial charge in [-0.25, -0.2) is 0 Å². The van der Waals surface area contributed by atoms with Crippen LogP contribution in [0.15, 0.2) is 35.5 Å². The van der Waals surface area contributed by atoms with E-state index in [4.69, 9.17) is 4.74 Å². The molecule has 0 aromatic heterocycles. The Kier molecular flexibility index (Phi) is 5.58. The summed E-state index contributed by atoms with van der Waals surface area (Å²) in [7, 11) is 0. The Bertz CT molecular complexity index is 602. The Hall–Kier alpha value is 1.36. The molecule has 1 saturated heterocycles. The largest absolute Gasteiger partial charge is 0.476 e. The summed E-state index contributed by atoms with van der Waals surface area (Å²) in [6.45, 7) is 1.71. The molecule has 4 rings (SSSR count). The maximum absolute atomic E-state index is 5.64. The van der Waals surface area contributed by atoms with Gasteiger partial charge in [0.15, 0.2) is 0 Å². The number of thioether (sulfide) groups is 8. The zero-order chi connectivity index (χ0) is 15.1. The summed E-state index contributed by atoms with van der Waals surface area (Å²) in [5.41, 5.74) is 0. The van der Waals surface area contributed by atoms with Crippen molar-refractivity contribution >= 4 is 94.1 Å². The first-order valence-electron chi connectivity index (χ1n) is 6.27. The van der Waals surface area contributed by atoms with Gasteiger partial charge in [-0.3, -0.25) is 0 Å². The summed E-state index contributed by atoms with van der Waals surface area (Å²) < 4.78 is 15.5. The van der Waals surface area contributed by atoms with Crippen molar-refractivity contribution in [2.45, 2.75) is 0 Å². The lowest BCUT2D eigenvalue weighted by Crippen LogP contribution is -2.05. The summed E-state index contributed by atoms with van der Waals surface area (Å²) >= 11 is 15.1. The van der Waals surface area contributed by atoms with Crippen molar-refractivity contribution in [3.8, 4) is 0 Å². The minimum absolute atomic E-state index is 0.786. The Morgan fingerprint density at radius 3 is 1.73 bits per heavy atom. The van der Waals surface area contributed by atoms with Gasteiger partial charge >= 0.3 is 0 Å². The van der Waals surface area contributed by atoms with Crippen LogP contribution in [0, 0.1) is 0 Å². The minimum atomic E-state index is 0.786. The second-order valence-corrected chi connectivity index (χ2v) is 13.7. The molecule has 4 heterocycles. The van der Waals surface area contributed by atoms with E-state index < -0.39 is 0 Å². The number of rotatable bonds is 2. The van der Waals surface area contributed by atoms with Crippen molar-refractivity contribution in [1.29, 1.82) is 0 Å². The fourth-order valence-electron chi connectivity index (χ4n) is 1.87. The standard InChI is InChI=1S/C12H11NOS8/c1-15-7-8(16-2)20-11(19-7)12-21-9-10(22-12)18-6(17-9)5-13-3-4-14-5/h13H,3-4H2,1-2H3. The van der Waals surface area contributed by atoms with E-state index in [1.165, 1.54) is 29.7 Å². The average Bonchev–Trinajstić information content (AvgIpc) is 3.26. The molecule has 0 aromatic carbocycles. The Morgan fingerprint density at radius 2 is 1.27 bits per heavy atom. The third kappa shape index (κ3) is 3.23. The Balaban J connectivity index is 1.46. The van der Waals surface area contributed by atoms with Crippen molar-refractivity contribution < 1.29 is 4.74 Å². The van der Waals surface area contributed by atoms with Crippen molar-refractivity contribution in [2.75, 3.05) is 25.7 Å². The highest BCUT2D eigenvalue weighted by Crippen LogP contribution is 2.70. The van der Waals surface area contributed by atoms with E-state index in [1.807, 2.05) is 94.1 Å². The van der Waals surface area contributed by atoms with Crippen LogP contribution in [0.2, 0.25) is 0 Å². The molecule has 0 aromatic rings. The topological polar surface area (TPSA) is 21.3 Å². The summed E-state index contributed by atoms with van der Waals surface area (Å²) in [6.07, 6.45) is 4.33. The fraction of sp³-hybridized carbons (Fsp3) is 0.333. The van der Waals surface area contributed by atoms with E-state index in [1.54, 1.807) is 0 Å². The van der Waals surface area contributed by atoms with Crippen molar-refractivity contribution in [1.82, 2.24) is 5.32 Å². The predicted octanol–water partition coefficient (Wildman–Crippen LogP) is 6.28. The average molecular weight is 442 g/mol. The summed E-state index contributed by atoms with van der Waals surface area (Å²) in [5.74, 6) is 0.973. The van der Waals surface area contributed by atoms with Crippen molar-refractivity contribution in [3.63, 3.8) is 0 Å². The molecule has 0 saturated carbocycles. The summed E-state index contributed by atoms with van der Waals surface area (Å²) in [5, 5.41) is 3.32. The maximum atomic E-state index is 5.64. The van der Waals surface area contributed by atoms with Gasteiger partial charge in [0.25, 0.3) is 0 Å². The zero-order valence-electron chi connectivity index (χ0n) is 11.6. The van der Waals surface area contributed by atoms with Gasteiger partial charge < -0.3 is 10.1 Å². The first-order valence-corrected chi connectivity index (χ1v) is 13.6. The SMILES string of the molecule is CSC1=C(SC)SC(=C2SC3=C(SC(=C4NCCO4)S3)S2)S1. The maximum Gasteiger partial charge on any atom is 0.208 e. The number of hydrogen-bond acceptors (Lipinski definition) is 10. The lowest BCUT2D eigenvalue weighted by Gasteiger charge is -2.07. The van der Waals surface area contributed by atoms with Crippen LogP contribution in [0.4, 0.5) is 0 Å². The highest BCUT2D eigenvalue weighted by molar-refractivity contribution is 8.49. The van der Waals surface area contributed by atoms with Gasteiger partial charge in [-0.1, -0.05) is 70.6 Å². The molecule has 4 aliphatic rings. The van der Waals surface area contributed by atoms with E-state index in [2.05, 4.69) is 17.8 Å². The van der Waals surface area contributed by atoms with Crippen LogP contribution >= 0.6 is 94.1 Å². The smallest absolute Gasteiger partial charge is 0.208 e. The van der Waals surface area contributed by atoms with E-state index in [0.717, 1.165) is 19.0 Å². The Labute approximate surface area is 164 Å². The molecule has 0 atom stereocenters. The van der Waals surface area contributed by atoms with Crippen LogP contribution in [-0.4, -0.2) is 25.7 Å². The van der Waals surface area contributed by atoms with Crippen molar-refractivity contribution in [3.05, 3.63) is 35.5 Å². The van der Waals surface area contributed by atoms with Crippen LogP contribution in [0.3, 0.4) is 0 Å². The molecule has 10 heteroatoms.